The van der Waals surface area contributed by atoms with Crippen LogP contribution in [-0.4, -0.2) is 59.3 Å². The number of carbonyl (C=O) groups excluding carboxylic acids is 3. The minimum absolute atomic E-state index is 0.0905. The summed E-state index contributed by atoms with van der Waals surface area (Å²) in [7, 11) is 0. The zero-order valence-corrected chi connectivity index (χ0v) is 15.8. The first-order chi connectivity index (χ1) is 12.3. The highest BCUT2D eigenvalue weighted by molar-refractivity contribution is 8.14. The molecular formula is C17H23NO7S. The molecule has 0 bridgehead atoms. The SMILES string of the molecule is CC(=O)OC[C@H]1O[C@@H]2SC(CC3CC3)=N[C@@H]2[C@@H](OC(C)=O)[C@@H]1OC(C)=O. The van der Waals surface area contributed by atoms with E-state index in [1.807, 2.05) is 0 Å². The lowest BCUT2D eigenvalue weighted by molar-refractivity contribution is -0.208. The third kappa shape index (κ3) is 4.76. The largest absolute Gasteiger partial charge is 0.463 e. The number of rotatable bonds is 6. The highest BCUT2D eigenvalue weighted by Crippen LogP contribution is 2.43. The zero-order valence-electron chi connectivity index (χ0n) is 15.0. The second kappa shape index (κ2) is 7.96. The van der Waals surface area contributed by atoms with Crippen LogP contribution in [0, 0.1) is 5.92 Å². The zero-order chi connectivity index (χ0) is 18.8. The summed E-state index contributed by atoms with van der Waals surface area (Å²) in [4.78, 5) is 39.1. The first-order valence-electron chi connectivity index (χ1n) is 8.70. The summed E-state index contributed by atoms with van der Waals surface area (Å²) in [6, 6.07) is -0.449. The number of hydrogen-bond donors (Lipinski definition) is 0. The Morgan fingerprint density at radius 2 is 1.73 bits per heavy atom. The molecule has 1 saturated heterocycles. The first kappa shape index (κ1) is 19.2. The quantitative estimate of drug-likeness (QED) is 0.500. The van der Waals surface area contributed by atoms with Crippen molar-refractivity contribution in [1.29, 1.82) is 0 Å². The highest BCUT2D eigenvalue weighted by Gasteiger charge is 2.53. The second-order valence-corrected chi connectivity index (χ2v) is 7.94. The molecule has 26 heavy (non-hydrogen) atoms. The Hall–Kier alpha value is -1.61. The van der Waals surface area contributed by atoms with Gasteiger partial charge in [-0.2, -0.15) is 0 Å². The summed E-state index contributed by atoms with van der Waals surface area (Å²) in [5, 5.41) is 0.967. The fourth-order valence-electron chi connectivity index (χ4n) is 3.12. The van der Waals surface area contributed by atoms with Gasteiger partial charge in [0.1, 0.15) is 24.2 Å². The van der Waals surface area contributed by atoms with E-state index in [4.69, 9.17) is 23.9 Å². The van der Waals surface area contributed by atoms with Gasteiger partial charge in [-0.25, -0.2) is 0 Å². The number of aliphatic imine (C=N–C) groups is 1. The van der Waals surface area contributed by atoms with Crippen LogP contribution >= 0.6 is 11.8 Å². The summed E-state index contributed by atoms with van der Waals surface area (Å²) < 4.78 is 21.9. The van der Waals surface area contributed by atoms with Crippen molar-refractivity contribution in [3.05, 3.63) is 0 Å². The smallest absolute Gasteiger partial charge is 0.303 e. The molecule has 0 aromatic heterocycles. The van der Waals surface area contributed by atoms with Gasteiger partial charge in [0.05, 0.1) is 5.04 Å². The van der Waals surface area contributed by atoms with E-state index in [9.17, 15) is 14.4 Å². The first-order valence-corrected chi connectivity index (χ1v) is 9.58. The Bertz CT molecular complexity index is 618. The number of carbonyl (C=O) groups is 3. The molecule has 8 nitrogen and oxygen atoms in total. The molecule has 9 heteroatoms. The Morgan fingerprint density at radius 1 is 1.08 bits per heavy atom. The van der Waals surface area contributed by atoms with Crippen molar-refractivity contribution < 1.29 is 33.3 Å². The summed E-state index contributed by atoms with van der Waals surface area (Å²) >= 11 is 1.51. The lowest BCUT2D eigenvalue weighted by atomic mass is 9.97. The van der Waals surface area contributed by atoms with Crippen LogP contribution in [-0.2, 0) is 33.3 Å². The van der Waals surface area contributed by atoms with Crippen molar-refractivity contribution in [2.24, 2.45) is 10.9 Å². The molecule has 0 N–H and O–H groups in total. The fourth-order valence-corrected chi connectivity index (χ4v) is 4.46. The van der Waals surface area contributed by atoms with Crippen molar-refractivity contribution in [2.75, 3.05) is 6.61 Å². The molecule has 144 valence electrons. The maximum absolute atomic E-state index is 11.6. The molecule has 0 aromatic carbocycles. The van der Waals surface area contributed by atoms with E-state index in [2.05, 4.69) is 0 Å². The minimum atomic E-state index is -0.887. The van der Waals surface area contributed by atoms with Crippen LogP contribution < -0.4 is 0 Å². The van der Waals surface area contributed by atoms with E-state index < -0.39 is 42.3 Å². The molecule has 0 spiro atoms. The Labute approximate surface area is 156 Å². The molecule has 3 aliphatic rings. The molecule has 0 radical (unpaired) electrons. The summed E-state index contributed by atoms with van der Waals surface area (Å²) in [5.74, 6) is -0.828. The fraction of sp³-hybridized carbons (Fsp3) is 0.765. The Kier molecular flexibility index (Phi) is 5.86. The van der Waals surface area contributed by atoms with Crippen LogP contribution in [0.4, 0.5) is 0 Å². The monoisotopic (exact) mass is 385 g/mol. The number of ether oxygens (including phenoxy) is 4. The molecule has 1 aliphatic carbocycles. The topological polar surface area (TPSA) is 100 Å². The van der Waals surface area contributed by atoms with Crippen LogP contribution in [0.5, 0.6) is 0 Å². The van der Waals surface area contributed by atoms with Gasteiger partial charge >= 0.3 is 17.9 Å². The van der Waals surface area contributed by atoms with Gasteiger partial charge in [0.2, 0.25) is 0 Å². The van der Waals surface area contributed by atoms with E-state index in [1.165, 1.54) is 45.4 Å². The number of fused-ring (bicyclic) bond motifs is 1. The molecule has 1 saturated carbocycles. The van der Waals surface area contributed by atoms with Gasteiger partial charge < -0.3 is 18.9 Å². The van der Waals surface area contributed by atoms with Crippen LogP contribution in [0.25, 0.3) is 0 Å². The minimum Gasteiger partial charge on any atom is -0.463 e. The standard InChI is InChI=1S/C17H23NO7S/c1-8(19)22-7-12-15(23-9(2)20)16(24-10(3)21)14-17(25-12)26-13(18-14)6-11-4-5-11/h11-12,14-17H,4-7H2,1-3H3/t12-,14-,15-,16-,17-/m1/s1. The van der Waals surface area contributed by atoms with Crippen LogP contribution in [0.15, 0.2) is 4.99 Å². The number of nitrogens with zero attached hydrogens (tertiary/aromatic N) is 1. The molecule has 0 unspecified atom stereocenters. The van der Waals surface area contributed by atoms with Gasteiger partial charge in [-0.1, -0.05) is 11.8 Å². The van der Waals surface area contributed by atoms with Crippen molar-refractivity contribution in [3.63, 3.8) is 0 Å². The van der Waals surface area contributed by atoms with Gasteiger partial charge in [-0.3, -0.25) is 19.4 Å². The predicted molar refractivity (Wildman–Crippen MR) is 92.6 cm³/mol. The Balaban J connectivity index is 1.81. The lowest BCUT2D eigenvalue weighted by Crippen LogP contribution is -2.59. The predicted octanol–water partition coefficient (Wildman–Crippen LogP) is 1.45. The normalized spacial score (nSPS) is 33.0. The third-order valence-corrected chi connectivity index (χ3v) is 5.54. The van der Waals surface area contributed by atoms with Crippen LogP contribution in [0.3, 0.4) is 0 Å². The average molecular weight is 385 g/mol. The Morgan fingerprint density at radius 3 is 2.31 bits per heavy atom. The molecule has 0 aromatic rings. The van der Waals surface area contributed by atoms with Crippen molar-refractivity contribution in [1.82, 2.24) is 0 Å². The molecule has 2 aliphatic heterocycles. The molecular weight excluding hydrogens is 362 g/mol. The van der Waals surface area contributed by atoms with E-state index >= 15 is 0 Å². The maximum Gasteiger partial charge on any atom is 0.303 e. The lowest BCUT2D eigenvalue weighted by Gasteiger charge is -2.41. The van der Waals surface area contributed by atoms with Crippen LogP contribution in [0.2, 0.25) is 0 Å². The number of thioether (sulfide) groups is 1. The van der Waals surface area contributed by atoms with Gasteiger partial charge in [-0.05, 0) is 25.2 Å². The maximum atomic E-state index is 11.6. The molecule has 0 amide bonds. The van der Waals surface area contributed by atoms with E-state index in [0.29, 0.717) is 5.92 Å². The summed E-state index contributed by atoms with van der Waals surface area (Å²) in [5.41, 5.74) is -0.361. The molecule has 5 atom stereocenters. The van der Waals surface area contributed by atoms with Crippen molar-refractivity contribution in [2.45, 2.75) is 69.8 Å². The van der Waals surface area contributed by atoms with Crippen molar-refractivity contribution in [3.8, 4) is 0 Å². The van der Waals surface area contributed by atoms with Gasteiger partial charge in [0, 0.05) is 20.8 Å². The number of hydrogen-bond acceptors (Lipinski definition) is 9. The average Bonchev–Trinajstić information content (AvgIpc) is 3.24. The molecule has 2 fully saturated rings. The van der Waals surface area contributed by atoms with E-state index in [0.717, 1.165) is 11.5 Å². The van der Waals surface area contributed by atoms with Crippen LogP contribution in [0.1, 0.15) is 40.0 Å². The summed E-state index contributed by atoms with van der Waals surface area (Å²) in [6.07, 6.45) is 0.904. The highest BCUT2D eigenvalue weighted by atomic mass is 32.2. The second-order valence-electron chi connectivity index (χ2n) is 6.77. The van der Waals surface area contributed by atoms with Crippen molar-refractivity contribution >= 4 is 34.7 Å². The molecule has 2 heterocycles. The van der Waals surface area contributed by atoms with Gasteiger partial charge in [0.15, 0.2) is 12.2 Å². The molecule has 3 rings (SSSR count). The van der Waals surface area contributed by atoms with E-state index in [1.54, 1.807) is 0 Å². The van der Waals surface area contributed by atoms with E-state index in [-0.39, 0.29) is 12.0 Å². The third-order valence-electron chi connectivity index (χ3n) is 4.38. The van der Waals surface area contributed by atoms with Gasteiger partial charge in [0.25, 0.3) is 0 Å². The van der Waals surface area contributed by atoms with Gasteiger partial charge in [-0.15, -0.1) is 0 Å². The summed E-state index contributed by atoms with van der Waals surface area (Å²) in [6.45, 7) is 3.77. The number of esters is 3.